The highest BCUT2D eigenvalue weighted by atomic mass is 16.1. The van der Waals surface area contributed by atoms with Gasteiger partial charge in [0.05, 0.1) is 5.54 Å². The van der Waals surface area contributed by atoms with Crippen molar-refractivity contribution in [2.75, 3.05) is 0 Å². The van der Waals surface area contributed by atoms with Crippen LogP contribution in [0.25, 0.3) is 0 Å². The summed E-state index contributed by atoms with van der Waals surface area (Å²) in [7, 11) is 0. The molecule has 3 fully saturated rings. The van der Waals surface area contributed by atoms with Crippen molar-refractivity contribution in [2.24, 2.45) is 11.7 Å². The Morgan fingerprint density at radius 3 is 1.73 bits per heavy atom. The molecule has 22 heavy (non-hydrogen) atoms. The number of carbonyl (C=O) groups excluding carboxylic acids is 1. The Morgan fingerprint density at radius 1 is 0.818 bits per heavy atom. The molecular weight excluding hydrogens is 270 g/mol. The molecule has 0 spiro atoms. The summed E-state index contributed by atoms with van der Waals surface area (Å²) in [6.45, 7) is 0. The van der Waals surface area contributed by atoms with Crippen LogP contribution < -0.4 is 5.73 Å². The van der Waals surface area contributed by atoms with Gasteiger partial charge in [-0.2, -0.15) is 0 Å². The number of rotatable bonds is 2. The van der Waals surface area contributed by atoms with Crippen molar-refractivity contribution in [1.82, 2.24) is 0 Å². The van der Waals surface area contributed by atoms with Gasteiger partial charge in [-0.15, -0.1) is 0 Å². The Balaban J connectivity index is 1.81. The third-order valence-electron chi connectivity index (χ3n) is 5.65. The summed E-state index contributed by atoms with van der Waals surface area (Å²) in [6.07, 6.45) is 2.73. The summed E-state index contributed by atoms with van der Waals surface area (Å²) in [4.78, 5) is 12.8. The first-order valence-electron chi connectivity index (χ1n) is 8.11. The van der Waals surface area contributed by atoms with Crippen LogP contribution in [0.2, 0.25) is 0 Å². The lowest BCUT2D eigenvalue weighted by molar-refractivity contribution is -0.133. The first-order valence-corrected chi connectivity index (χ1v) is 8.11. The van der Waals surface area contributed by atoms with Crippen LogP contribution >= 0.6 is 0 Å². The Bertz CT molecular complexity index is 630. The molecule has 2 atom stereocenters. The smallest absolute Gasteiger partial charge is 0.154 e. The predicted molar refractivity (Wildman–Crippen MR) is 87.6 cm³/mol. The molecule has 0 heterocycles. The van der Waals surface area contributed by atoms with E-state index in [0.717, 1.165) is 12.8 Å². The maximum Gasteiger partial charge on any atom is 0.154 e. The number of Topliss-reactive ketones (excluding diaryl/α,β-unsaturated/α-hetero) is 1. The highest BCUT2D eigenvalue weighted by Crippen LogP contribution is 2.55. The van der Waals surface area contributed by atoms with E-state index in [0.29, 0.717) is 12.3 Å². The van der Waals surface area contributed by atoms with E-state index in [9.17, 15) is 4.79 Å². The zero-order valence-electron chi connectivity index (χ0n) is 12.6. The molecule has 2 aromatic rings. The fourth-order valence-corrected chi connectivity index (χ4v) is 4.58. The standard InChI is InChI=1S/C20H21NO/c21-20-17(15-7-3-1-4-8-15)11-14(13-19(20)22)12-18(20)16-9-5-2-6-10-16/h1-10,14,17-18H,11-13,21H2. The molecule has 112 valence electrons. The summed E-state index contributed by atoms with van der Waals surface area (Å²) in [5.41, 5.74) is 8.51. The van der Waals surface area contributed by atoms with Crippen molar-refractivity contribution in [3.05, 3.63) is 71.8 Å². The third-order valence-corrected chi connectivity index (χ3v) is 5.65. The molecular formula is C20H21NO. The van der Waals surface area contributed by atoms with Gasteiger partial charge in [-0.25, -0.2) is 0 Å². The number of nitrogens with two attached hydrogens (primary N) is 1. The molecule has 0 amide bonds. The number of hydrogen-bond donors (Lipinski definition) is 1. The molecule has 2 aromatic carbocycles. The number of carbonyl (C=O) groups is 1. The summed E-state index contributed by atoms with van der Waals surface area (Å²) >= 11 is 0. The Hall–Kier alpha value is -1.93. The van der Waals surface area contributed by atoms with E-state index < -0.39 is 5.54 Å². The minimum absolute atomic E-state index is 0.138. The average Bonchev–Trinajstić information content (AvgIpc) is 2.57. The lowest BCUT2D eigenvalue weighted by Gasteiger charge is -2.54. The largest absolute Gasteiger partial charge is 0.318 e. The maximum absolute atomic E-state index is 12.8. The van der Waals surface area contributed by atoms with Gasteiger partial charge in [0.2, 0.25) is 0 Å². The van der Waals surface area contributed by atoms with Crippen LogP contribution in [0.3, 0.4) is 0 Å². The molecule has 0 radical (unpaired) electrons. The molecule has 5 rings (SSSR count). The molecule has 2 bridgehead atoms. The van der Waals surface area contributed by atoms with E-state index in [2.05, 4.69) is 24.3 Å². The minimum atomic E-state index is -0.753. The van der Waals surface area contributed by atoms with Crippen molar-refractivity contribution < 1.29 is 4.79 Å². The quantitative estimate of drug-likeness (QED) is 0.918. The first kappa shape index (κ1) is 13.7. The molecule has 3 saturated carbocycles. The van der Waals surface area contributed by atoms with E-state index >= 15 is 0 Å². The van der Waals surface area contributed by atoms with Gasteiger partial charge in [0.1, 0.15) is 0 Å². The van der Waals surface area contributed by atoms with Crippen molar-refractivity contribution in [2.45, 2.75) is 36.6 Å². The highest BCUT2D eigenvalue weighted by Gasteiger charge is 2.57. The van der Waals surface area contributed by atoms with Gasteiger partial charge in [-0.1, -0.05) is 60.7 Å². The molecule has 2 nitrogen and oxygen atoms in total. The summed E-state index contributed by atoms with van der Waals surface area (Å²) in [5, 5.41) is 0. The number of hydrogen-bond acceptors (Lipinski definition) is 2. The van der Waals surface area contributed by atoms with Crippen molar-refractivity contribution in [3.8, 4) is 0 Å². The molecule has 2 unspecified atom stereocenters. The number of benzene rings is 2. The molecule has 3 aliphatic rings. The SMILES string of the molecule is NC12C(=O)CC(CC1c1ccccc1)CC2c1ccccc1. The minimum Gasteiger partial charge on any atom is -0.318 e. The van der Waals surface area contributed by atoms with Crippen molar-refractivity contribution in [1.29, 1.82) is 0 Å². The van der Waals surface area contributed by atoms with Crippen LogP contribution in [0.5, 0.6) is 0 Å². The molecule has 2 N–H and O–H groups in total. The van der Waals surface area contributed by atoms with Crippen LogP contribution in [0.15, 0.2) is 60.7 Å². The van der Waals surface area contributed by atoms with Crippen molar-refractivity contribution in [3.63, 3.8) is 0 Å². The third kappa shape index (κ3) is 1.94. The van der Waals surface area contributed by atoms with Crippen LogP contribution in [0.1, 0.15) is 42.2 Å². The predicted octanol–water partition coefficient (Wildman–Crippen LogP) is 3.63. The maximum atomic E-state index is 12.8. The molecule has 3 aliphatic carbocycles. The van der Waals surface area contributed by atoms with Crippen molar-refractivity contribution >= 4 is 5.78 Å². The van der Waals surface area contributed by atoms with Gasteiger partial charge in [-0.05, 0) is 29.9 Å². The van der Waals surface area contributed by atoms with Gasteiger partial charge in [0.25, 0.3) is 0 Å². The molecule has 0 saturated heterocycles. The van der Waals surface area contributed by atoms with Crippen LogP contribution in [-0.4, -0.2) is 11.3 Å². The van der Waals surface area contributed by atoms with Gasteiger partial charge in [0, 0.05) is 18.3 Å². The lowest BCUT2D eigenvalue weighted by Crippen LogP contribution is -2.64. The second-order valence-electron chi connectivity index (χ2n) is 6.82. The van der Waals surface area contributed by atoms with Crippen LogP contribution in [0.4, 0.5) is 0 Å². The summed E-state index contributed by atoms with van der Waals surface area (Å²) in [6, 6.07) is 20.7. The van der Waals surface area contributed by atoms with Gasteiger partial charge in [0.15, 0.2) is 5.78 Å². The normalized spacial score (nSPS) is 33.9. The van der Waals surface area contributed by atoms with E-state index in [1.807, 2.05) is 36.4 Å². The molecule has 0 aromatic heterocycles. The Labute approximate surface area is 131 Å². The van der Waals surface area contributed by atoms with Gasteiger partial charge in [-0.3, -0.25) is 4.79 Å². The topological polar surface area (TPSA) is 43.1 Å². The Kier molecular flexibility index (Phi) is 3.16. The molecule has 2 heteroatoms. The van der Waals surface area contributed by atoms with E-state index in [1.165, 1.54) is 11.1 Å². The number of fused-ring (bicyclic) bond motifs is 3. The van der Waals surface area contributed by atoms with Crippen LogP contribution in [0, 0.1) is 5.92 Å². The second-order valence-corrected chi connectivity index (χ2v) is 6.82. The van der Waals surface area contributed by atoms with Gasteiger partial charge >= 0.3 is 0 Å². The number of ketones is 1. The second kappa shape index (κ2) is 5.06. The fourth-order valence-electron chi connectivity index (χ4n) is 4.58. The Morgan fingerprint density at radius 2 is 1.27 bits per heavy atom. The monoisotopic (exact) mass is 291 g/mol. The highest BCUT2D eigenvalue weighted by molar-refractivity contribution is 5.93. The molecule has 0 aliphatic heterocycles. The fraction of sp³-hybridized carbons (Fsp3) is 0.350. The summed E-state index contributed by atoms with van der Waals surface area (Å²) in [5.74, 6) is 0.990. The van der Waals surface area contributed by atoms with E-state index in [1.54, 1.807) is 0 Å². The van der Waals surface area contributed by atoms with Crippen LogP contribution in [-0.2, 0) is 4.79 Å². The first-order chi connectivity index (χ1) is 10.7. The van der Waals surface area contributed by atoms with E-state index in [4.69, 9.17) is 5.73 Å². The van der Waals surface area contributed by atoms with E-state index in [-0.39, 0.29) is 17.6 Å². The average molecular weight is 291 g/mol. The van der Waals surface area contributed by atoms with Gasteiger partial charge < -0.3 is 5.73 Å². The zero-order valence-corrected chi connectivity index (χ0v) is 12.6. The zero-order chi connectivity index (χ0) is 15.2. The summed E-state index contributed by atoms with van der Waals surface area (Å²) < 4.78 is 0. The lowest BCUT2D eigenvalue weighted by atomic mass is 9.52.